The average molecular weight is 297 g/mol. The van der Waals surface area contributed by atoms with Crippen LogP contribution in [0.4, 0.5) is 5.69 Å². The maximum atomic E-state index is 12.5. The number of benzene rings is 1. The van der Waals surface area contributed by atoms with Gasteiger partial charge in [-0.05, 0) is 37.3 Å². The van der Waals surface area contributed by atoms with Gasteiger partial charge >= 0.3 is 0 Å². The molecule has 108 valence electrons. The lowest BCUT2D eigenvalue weighted by Gasteiger charge is -2.31. The van der Waals surface area contributed by atoms with Crippen LogP contribution in [0.15, 0.2) is 18.2 Å². The van der Waals surface area contributed by atoms with Gasteiger partial charge in [0.25, 0.3) is 11.6 Å². The third-order valence-corrected chi connectivity index (χ3v) is 4.04. The van der Waals surface area contributed by atoms with Crippen molar-refractivity contribution in [3.63, 3.8) is 0 Å². The van der Waals surface area contributed by atoms with Crippen molar-refractivity contribution in [2.24, 2.45) is 5.92 Å². The molecule has 0 spiro atoms. The molecule has 0 N–H and O–H groups in total. The van der Waals surface area contributed by atoms with Gasteiger partial charge < -0.3 is 4.90 Å². The van der Waals surface area contributed by atoms with Gasteiger partial charge in [-0.15, -0.1) is 11.6 Å². The lowest BCUT2D eigenvalue weighted by atomic mass is 9.98. The van der Waals surface area contributed by atoms with Crippen LogP contribution in [0.5, 0.6) is 0 Å². The van der Waals surface area contributed by atoms with Crippen LogP contribution in [-0.2, 0) is 0 Å². The van der Waals surface area contributed by atoms with E-state index in [0.717, 1.165) is 18.4 Å². The Morgan fingerprint density at radius 3 is 2.95 bits per heavy atom. The predicted molar refractivity (Wildman–Crippen MR) is 77.2 cm³/mol. The largest absolute Gasteiger partial charge is 0.338 e. The van der Waals surface area contributed by atoms with Gasteiger partial charge in [0.2, 0.25) is 0 Å². The first-order valence-corrected chi connectivity index (χ1v) is 7.16. The van der Waals surface area contributed by atoms with Gasteiger partial charge in [-0.25, -0.2) is 0 Å². The number of alkyl halides is 1. The number of carbonyl (C=O) groups is 1. The summed E-state index contributed by atoms with van der Waals surface area (Å²) in [4.78, 5) is 24.7. The zero-order valence-corrected chi connectivity index (χ0v) is 12.1. The van der Waals surface area contributed by atoms with Crippen molar-refractivity contribution in [1.29, 1.82) is 0 Å². The molecule has 1 aliphatic rings. The number of aryl methyl sites for hydroxylation is 1. The Morgan fingerprint density at radius 2 is 2.30 bits per heavy atom. The highest BCUT2D eigenvalue weighted by atomic mass is 35.5. The van der Waals surface area contributed by atoms with Crippen molar-refractivity contribution < 1.29 is 9.72 Å². The molecule has 0 aliphatic carbocycles. The van der Waals surface area contributed by atoms with E-state index in [9.17, 15) is 14.9 Å². The minimum absolute atomic E-state index is 0.131. The summed E-state index contributed by atoms with van der Waals surface area (Å²) in [6.07, 6.45) is 1.89. The summed E-state index contributed by atoms with van der Waals surface area (Å²) in [6.45, 7) is 3.03. The number of likely N-dealkylation sites (tertiary alicyclic amines) is 1. The Balaban J connectivity index is 2.28. The Labute approximate surface area is 122 Å². The van der Waals surface area contributed by atoms with Crippen LogP contribution >= 0.6 is 11.6 Å². The monoisotopic (exact) mass is 296 g/mol. The lowest BCUT2D eigenvalue weighted by Crippen LogP contribution is -2.40. The van der Waals surface area contributed by atoms with Crippen molar-refractivity contribution in [3.05, 3.63) is 39.4 Å². The maximum Gasteiger partial charge on any atom is 0.282 e. The minimum Gasteiger partial charge on any atom is -0.338 e. The molecule has 0 aromatic heterocycles. The molecule has 0 bridgehead atoms. The number of piperidine rings is 1. The topological polar surface area (TPSA) is 63.5 Å². The van der Waals surface area contributed by atoms with E-state index >= 15 is 0 Å². The number of nitro groups is 1. The van der Waals surface area contributed by atoms with Crippen molar-refractivity contribution >= 4 is 23.2 Å². The van der Waals surface area contributed by atoms with Gasteiger partial charge in [-0.2, -0.15) is 0 Å². The van der Waals surface area contributed by atoms with Crippen LogP contribution in [0.25, 0.3) is 0 Å². The second-order valence-corrected chi connectivity index (χ2v) is 5.50. The molecule has 1 aromatic rings. The van der Waals surface area contributed by atoms with E-state index in [-0.39, 0.29) is 23.1 Å². The van der Waals surface area contributed by atoms with Gasteiger partial charge in [0.15, 0.2) is 0 Å². The number of amides is 1. The Bertz CT molecular complexity index is 533. The fraction of sp³-hybridized carbons (Fsp3) is 0.500. The smallest absolute Gasteiger partial charge is 0.282 e. The number of rotatable bonds is 3. The Morgan fingerprint density at radius 1 is 1.55 bits per heavy atom. The van der Waals surface area contributed by atoms with Crippen LogP contribution < -0.4 is 0 Å². The summed E-state index contributed by atoms with van der Waals surface area (Å²) < 4.78 is 0. The molecular formula is C14H17ClN2O3. The summed E-state index contributed by atoms with van der Waals surface area (Å²) in [5.41, 5.74) is 0.878. The third-order valence-electron chi connectivity index (χ3n) is 3.60. The van der Waals surface area contributed by atoms with Crippen LogP contribution in [0.2, 0.25) is 0 Å². The van der Waals surface area contributed by atoms with E-state index in [4.69, 9.17) is 11.6 Å². The van der Waals surface area contributed by atoms with Crippen LogP contribution in [0.1, 0.15) is 28.8 Å². The quantitative estimate of drug-likeness (QED) is 0.489. The second-order valence-electron chi connectivity index (χ2n) is 5.19. The molecule has 0 saturated carbocycles. The van der Waals surface area contributed by atoms with Crippen molar-refractivity contribution in [3.8, 4) is 0 Å². The number of halogens is 1. The maximum absolute atomic E-state index is 12.5. The number of hydrogen-bond acceptors (Lipinski definition) is 3. The normalized spacial score (nSPS) is 18.9. The molecule has 1 saturated heterocycles. The van der Waals surface area contributed by atoms with E-state index < -0.39 is 4.92 Å². The van der Waals surface area contributed by atoms with E-state index in [0.29, 0.717) is 19.0 Å². The predicted octanol–water partition coefficient (Wildman–Crippen LogP) is 2.99. The Kier molecular flexibility index (Phi) is 4.60. The minimum atomic E-state index is -0.504. The highest BCUT2D eigenvalue weighted by Crippen LogP contribution is 2.25. The molecule has 2 rings (SSSR count). The highest BCUT2D eigenvalue weighted by Gasteiger charge is 2.28. The van der Waals surface area contributed by atoms with Crippen molar-refractivity contribution in [2.45, 2.75) is 19.8 Å². The number of hydrogen-bond donors (Lipinski definition) is 0. The third kappa shape index (κ3) is 3.10. The number of carbonyl (C=O) groups excluding carboxylic acids is 1. The Hall–Kier alpha value is -1.62. The van der Waals surface area contributed by atoms with Crippen LogP contribution in [-0.4, -0.2) is 34.7 Å². The van der Waals surface area contributed by atoms with E-state index in [2.05, 4.69) is 0 Å². The van der Waals surface area contributed by atoms with E-state index in [1.807, 2.05) is 6.92 Å². The zero-order valence-electron chi connectivity index (χ0n) is 11.3. The molecule has 6 heteroatoms. The van der Waals surface area contributed by atoms with Crippen LogP contribution in [0.3, 0.4) is 0 Å². The first-order valence-electron chi connectivity index (χ1n) is 6.63. The van der Waals surface area contributed by atoms with Gasteiger partial charge in [-0.1, -0.05) is 6.07 Å². The summed E-state index contributed by atoms with van der Waals surface area (Å²) in [6, 6.07) is 4.63. The van der Waals surface area contributed by atoms with Gasteiger partial charge in [0.1, 0.15) is 5.56 Å². The molecule has 1 aliphatic heterocycles. The fourth-order valence-corrected chi connectivity index (χ4v) is 2.78. The van der Waals surface area contributed by atoms with Crippen molar-refractivity contribution in [2.75, 3.05) is 19.0 Å². The van der Waals surface area contributed by atoms with Crippen molar-refractivity contribution in [1.82, 2.24) is 4.90 Å². The molecule has 1 unspecified atom stereocenters. The zero-order chi connectivity index (χ0) is 14.7. The first kappa shape index (κ1) is 14.8. The summed E-state index contributed by atoms with van der Waals surface area (Å²) >= 11 is 5.86. The van der Waals surface area contributed by atoms with E-state index in [1.165, 1.54) is 6.07 Å². The van der Waals surface area contributed by atoms with Gasteiger partial charge in [0, 0.05) is 25.0 Å². The molecule has 1 amide bonds. The van der Waals surface area contributed by atoms with E-state index in [1.54, 1.807) is 17.0 Å². The summed E-state index contributed by atoms with van der Waals surface area (Å²) in [7, 11) is 0. The molecule has 1 heterocycles. The fourth-order valence-electron chi connectivity index (χ4n) is 2.53. The lowest BCUT2D eigenvalue weighted by molar-refractivity contribution is -0.385. The molecule has 1 atom stereocenters. The average Bonchev–Trinajstić information content (AvgIpc) is 2.46. The molecule has 1 aromatic carbocycles. The number of nitro benzene ring substituents is 1. The molecular weight excluding hydrogens is 280 g/mol. The first-order chi connectivity index (χ1) is 9.52. The number of nitrogens with zero attached hydrogens (tertiary/aromatic N) is 2. The van der Waals surface area contributed by atoms with Gasteiger partial charge in [-0.3, -0.25) is 14.9 Å². The van der Waals surface area contributed by atoms with Crippen LogP contribution in [0, 0.1) is 23.0 Å². The summed E-state index contributed by atoms with van der Waals surface area (Å²) in [5.74, 6) is 0.521. The molecule has 1 fully saturated rings. The van der Waals surface area contributed by atoms with Gasteiger partial charge in [0.05, 0.1) is 4.92 Å². The second kappa shape index (κ2) is 6.22. The highest BCUT2D eigenvalue weighted by molar-refractivity contribution is 6.18. The molecule has 5 nitrogen and oxygen atoms in total. The SMILES string of the molecule is Cc1ccc([N+](=O)[O-])c(C(=O)N2CCCC(CCl)C2)c1. The molecule has 0 radical (unpaired) electrons. The summed E-state index contributed by atoms with van der Waals surface area (Å²) in [5, 5.41) is 11.1. The standard InChI is InChI=1S/C14H17ClN2O3/c1-10-4-5-13(17(19)20)12(7-10)14(18)16-6-2-3-11(8-15)9-16/h4-5,7,11H,2-3,6,8-9H2,1H3. The molecule has 20 heavy (non-hydrogen) atoms.